The molecule has 0 saturated heterocycles. The molecule has 2 aliphatic carbocycles. The minimum Gasteiger partial charge on any atom is -0.396 e. The van der Waals surface area contributed by atoms with Crippen molar-refractivity contribution >= 4 is 17.4 Å². The summed E-state index contributed by atoms with van der Waals surface area (Å²) in [6.07, 6.45) is 4.71. The molecule has 2 aliphatic rings. The van der Waals surface area contributed by atoms with Gasteiger partial charge in [-0.05, 0) is 55.7 Å². The summed E-state index contributed by atoms with van der Waals surface area (Å²) in [5.74, 6) is 2.29. The first-order valence-corrected chi connectivity index (χ1v) is 5.43. The molecule has 2 nitrogen and oxygen atoms in total. The van der Waals surface area contributed by atoms with Crippen molar-refractivity contribution in [2.45, 2.75) is 31.7 Å². The molecule has 3 unspecified atom stereocenters. The molecule has 2 bridgehead atoms. The molecule has 1 N–H and O–H groups in total. The molecule has 13 heavy (non-hydrogen) atoms. The zero-order valence-electron chi connectivity index (χ0n) is 7.65. The van der Waals surface area contributed by atoms with Crippen LogP contribution in [0, 0.1) is 17.8 Å². The molecular weight excluding hydrogens is 182 g/mol. The van der Waals surface area contributed by atoms with E-state index in [-0.39, 0.29) is 0 Å². The molecule has 0 aromatic carbocycles. The highest BCUT2D eigenvalue weighted by molar-refractivity contribution is 7.78. The van der Waals surface area contributed by atoms with Crippen molar-refractivity contribution in [3.63, 3.8) is 0 Å². The van der Waals surface area contributed by atoms with E-state index in [1.807, 2.05) is 0 Å². The van der Waals surface area contributed by atoms with Gasteiger partial charge < -0.3 is 5.11 Å². The number of hydrogen-bond donors (Lipinski definition) is 1. The van der Waals surface area contributed by atoms with Crippen LogP contribution in [0.2, 0.25) is 0 Å². The number of aliphatic hydroxyl groups excluding tert-OH is 1. The molecular formula is C10H15NOS. The zero-order valence-corrected chi connectivity index (χ0v) is 8.46. The summed E-state index contributed by atoms with van der Waals surface area (Å²) in [6.45, 7) is 0.342. The summed E-state index contributed by atoms with van der Waals surface area (Å²) >= 11 is 4.63. The molecule has 2 rings (SSSR count). The van der Waals surface area contributed by atoms with Crippen LogP contribution in [-0.2, 0) is 0 Å². The van der Waals surface area contributed by atoms with Crippen molar-refractivity contribution in [1.29, 1.82) is 0 Å². The summed E-state index contributed by atoms with van der Waals surface area (Å²) < 4.78 is 0. The standard InChI is InChI=1S/C10H15NOS/c12-2-1-7-3-9-4-8(7)5-10(9)11-6-13/h7-10,12H,1-5H2/t7?,8?,9?,10-/m1/s1. The van der Waals surface area contributed by atoms with Crippen molar-refractivity contribution in [2.75, 3.05) is 6.61 Å². The highest BCUT2D eigenvalue weighted by Crippen LogP contribution is 2.50. The first-order chi connectivity index (χ1) is 6.35. The maximum atomic E-state index is 8.87. The number of aliphatic imine (C=N–C) groups is 1. The van der Waals surface area contributed by atoms with Crippen LogP contribution in [0.1, 0.15) is 25.7 Å². The number of fused-ring (bicyclic) bond motifs is 2. The second-order valence-electron chi connectivity index (χ2n) is 4.29. The Morgan fingerprint density at radius 3 is 2.69 bits per heavy atom. The van der Waals surface area contributed by atoms with Gasteiger partial charge in [-0.2, -0.15) is 0 Å². The van der Waals surface area contributed by atoms with Crippen LogP contribution >= 0.6 is 12.2 Å². The average Bonchev–Trinajstić information content (AvgIpc) is 2.65. The number of aliphatic hydroxyl groups is 1. The summed E-state index contributed by atoms with van der Waals surface area (Å²) in [6, 6.07) is 0.456. The SMILES string of the molecule is OCCC1CC2CC1C[C@H]2N=C=S. The zero-order chi connectivity index (χ0) is 9.26. The van der Waals surface area contributed by atoms with Gasteiger partial charge in [0.25, 0.3) is 0 Å². The van der Waals surface area contributed by atoms with Crippen molar-refractivity contribution in [2.24, 2.45) is 22.7 Å². The molecule has 0 radical (unpaired) electrons. The topological polar surface area (TPSA) is 32.6 Å². The first kappa shape index (κ1) is 9.32. The van der Waals surface area contributed by atoms with Crippen LogP contribution in [0.4, 0.5) is 0 Å². The van der Waals surface area contributed by atoms with E-state index in [1.54, 1.807) is 0 Å². The van der Waals surface area contributed by atoms with Gasteiger partial charge in [0.1, 0.15) is 0 Å². The maximum absolute atomic E-state index is 8.87. The van der Waals surface area contributed by atoms with E-state index in [9.17, 15) is 0 Å². The lowest BCUT2D eigenvalue weighted by molar-refractivity contribution is 0.213. The predicted molar refractivity (Wildman–Crippen MR) is 54.8 cm³/mol. The quantitative estimate of drug-likeness (QED) is 0.553. The van der Waals surface area contributed by atoms with Crippen LogP contribution in [0.3, 0.4) is 0 Å². The van der Waals surface area contributed by atoms with Gasteiger partial charge in [0.15, 0.2) is 0 Å². The number of isothiocyanates is 1. The molecule has 0 aliphatic heterocycles. The monoisotopic (exact) mass is 197 g/mol. The third-order valence-electron chi connectivity index (χ3n) is 3.68. The first-order valence-electron chi connectivity index (χ1n) is 5.03. The normalized spacial score (nSPS) is 41.9. The molecule has 0 spiro atoms. The molecule has 0 amide bonds. The molecule has 72 valence electrons. The second kappa shape index (κ2) is 3.87. The third kappa shape index (κ3) is 1.69. The lowest BCUT2D eigenvalue weighted by atomic mass is 9.84. The van der Waals surface area contributed by atoms with E-state index >= 15 is 0 Å². The van der Waals surface area contributed by atoms with Gasteiger partial charge in [0.05, 0.1) is 11.2 Å². The summed E-state index contributed by atoms with van der Waals surface area (Å²) in [5.41, 5.74) is 0. The Labute approximate surface area is 84.1 Å². The average molecular weight is 197 g/mol. The second-order valence-corrected chi connectivity index (χ2v) is 4.47. The number of hydrogen-bond acceptors (Lipinski definition) is 3. The molecule has 0 aromatic rings. The lowest BCUT2D eigenvalue weighted by Gasteiger charge is -2.24. The summed E-state index contributed by atoms with van der Waals surface area (Å²) in [7, 11) is 0. The van der Waals surface area contributed by atoms with Crippen LogP contribution in [0.25, 0.3) is 0 Å². The molecule has 0 aromatic heterocycles. The minimum absolute atomic E-state index is 0.342. The highest BCUT2D eigenvalue weighted by Gasteiger charge is 2.45. The molecule has 3 heteroatoms. The Balaban J connectivity index is 1.95. The molecule has 2 fully saturated rings. The molecule has 4 atom stereocenters. The van der Waals surface area contributed by atoms with E-state index in [4.69, 9.17) is 5.11 Å². The van der Waals surface area contributed by atoms with E-state index in [1.165, 1.54) is 19.3 Å². The summed E-state index contributed by atoms with van der Waals surface area (Å²) in [5, 5.41) is 11.4. The predicted octanol–water partition coefficient (Wildman–Crippen LogP) is 1.89. The largest absolute Gasteiger partial charge is 0.396 e. The van der Waals surface area contributed by atoms with Crippen molar-refractivity contribution < 1.29 is 5.11 Å². The smallest absolute Gasteiger partial charge is 0.0633 e. The van der Waals surface area contributed by atoms with Crippen LogP contribution < -0.4 is 0 Å². The maximum Gasteiger partial charge on any atom is 0.0633 e. The van der Waals surface area contributed by atoms with Gasteiger partial charge in [0.2, 0.25) is 0 Å². The van der Waals surface area contributed by atoms with Gasteiger partial charge >= 0.3 is 0 Å². The highest BCUT2D eigenvalue weighted by atomic mass is 32.1. The number of thiocarbonyl (C=S) groups is 1. The van der Waals surface area contributed by atoms with Gasteiger partial charge in [0, 0.05) is 6.61 Å². The van der Waals surface area contributed by atoms with Crippen molar-refractivity contribution in [3.05, 3.63) is 0 Å². The fraction of sp³-hybridized carbons (Fsp3) is 0.900. The fourth-order valence-corrected chi connectivity index (χ4v) is 3.24. The van der Waals surface area contributed by atoms with Gasteiger partial charge in [-0.3, -0.25) is 0 Å². The minimum atomic E-state index is 0.342. The molecule has 0 heterocycles. The van der Waals surface area contributed by atoms with Gasteiger partial charge in [-0.15, -0.1) is 0 Å². The lowest BCUT2D eigenvalue weighted by Crippen LogP contribution is -2.21. The van der Waals surface area contributed by atoms with Crippen LogP contribution in [0.5, 0.6) is 0 Å². The Morgan fingerprint density at radius 2 is 2.15 bits per heavy atom. The number of nitrogens with zero attached hydrogens (tertiary/aromatic N) is 1. The molecule has 2 saturated carbocycles. The van der Waals surface area contributed by atoms with Crippen molar-refractivity contribution in [3.8, 4) is 0 Å². The third-order valence-corrected chi connectivity index (χ3v) is 3.79. The Bertz CT molecular complexity index is 237. The van der Waals surface area contributed by atoms with Crippen LogP contribution in [-0.4, -0.2) is 22.9 Å². The van der Waals surface area contributed by atoms with Gasteiger partial charge in [-0.1, -0.05) is 0 Å². The van der Waals surface area contributed by atoms with Crippen molar-refractivity contribution in [1.82, 2.24) is 0 Å². The van der Waals surface area contributed by atoms with Crippen LogP contribution in [0.15, 0.2) is 4.99 Å². The van der Waals surface area contributed by atoms with E-state index < -0.39 is 0 Å². The van der Waals surface area contributed by atoms with E-state index in [2.05, 4.69) is 22.4 Å². The number of rotatable bonds is 3. The van der Waals surface area contributed by atoms with E-state index in [0.29, 0.717) is 12.6 Å². The fourth-order valence-electron chi connectivity index (χ4n) is 3.11. The Kier molecular flexibility index (Phi) is 2.77. The van der Waals surface area contributed by atoms with E-state index in [0.717, 1.165) is 24.2 Å². The van der Waals surface area contributed by atoms with Gasteiger partial charge in [-0.25, -0.2) is 4.99 Å². The summed E-state index contributed by atoms with van der Waals surface area (Å²) in [4.78, 5) is 4.20. The Morgan fingerprint density at radius 1 is 1.31 bits per heavy atom. The Hall–Kier alpha value is -0.240.